The molecule has 1 aliphatic rings. The second-order valence-electron chi connectivity index (χ2n) is 5.62. The van der Waals surface area contributed by atoms with Crippen molar-refractivity contribution in [3.05, 3.63) is 18.5 Å². The Morgan fingerprint density at radius 3 is 2.67 bits per heavy atom. The number of rotatable bonds is 5. The quantitative estimate of drug-likeness (QED) is 0.466. The first-order chi connectivity index (χ1) is 9.73. The van der Waals surface area contributed by atoms with Crippen LogP contribution in [-0.2, 0) is 6.54 Å². The van der Waals surface area contributed by atoms with Gasteiger partial charge in [0.1, 0.15) is 0 Å². The highest BCUT2D eigenvalue weighted by atomic mass is 127. The van der Waals surface area contributed by atoms with Gasteiger partial charge in [0.25, 0.3) is 0 Å². The molecule has 0 saturated carbocycles. The van der Waals surface area contributed by atoms with Gasteiger partial charge in [0.15, 0.2) is 5.96 Å². The first-order valence-corrected chi connectivity index (χ1v) is 7.66. The Balaban J connectivity index is 0.00000220. The Morgan fingerprint density at radius 2 is 2.14 bits per heavy atom. The van der Waals surface area contributed by atoms with Gasteiger partial charge in [-0.3, -0.25) is 9.67 Å². The third kappa shape index (κ3) is 4.59. The summed E-state index contributed by atoms with van der Waals surface area (Å²) in [7, 11) is 1.87. The predicted molar refractivity (Wildman–Crippen MR) is 98.2 cm³/mol. The van der Waals surface area contributed by atoms with Gasteiger partial charge in [-0.2, -0.15) is 5.10 Å². The van der Waals surface area contributed by atoms with Crippen molar-refractivity contribution in [2.75, 3.05) is 26.7 Å². The van der Waals surface area contributed by atoms with Crippen LogP contribution in [0.5, 0.6) is 0 Å². The van der Waals surface area contributed by atoms with Gasteiger partial charge in [0, 0.05) is 39.1 Å². The molecule has 120 valence electrons. The van der Waals surface area contributed by atoms with E-state index in [-0.39, 0.29) is 24.0 Å². The molecule has 0 unspecified atom stereocenters. The molecule has 0 spiro atoms. The lowest BCUT2D eigenvalue weighted by atomic mass is 9.82. The summed E-state index contributed by atoms with van der Waals surface area (Å²) >= 11 is 0. The maximum Gasteiger partial charge on any atom is 0.193 e. The van der Waals surface area contributed by atoms with Crippen molar-refractivity contribution in [1.82, 2.24) is 20.0 Å². The Kier molecular flexibility index (Phi) is 7.48. The highest BCUT2D eigenvalue weighted by Gasteiger charge is 2.36. The monoisotopic (exact) mass is 405 g/mol. The van der Waals surface area contributed by atoms with Gasteiger partial charge in [-0.15, -0.1) is 24.0 Å². The molecule has 1 fully saturated rings. The van der Waals surface area contributed by atoms with Crippen LogP contribution in [0.3, 0.4) is 0 Å². The SMILES string of the molecule is CCC1(CC)CCN(C(=NC)NCCn2cccn2)C1.I. The number of hydrogen-bond acceptors (Lipinski definition) is 2. The van der Waals surface area contributed by atoms with E-state index in [1.165, 1.54) is 19.3 Å². The number of nitrogens with one attached hydrogen (secondary N) is 1. The van der Waals surface area contributed by atoms with E-state index in [1.807, 2.05) is 30.2 Å². The van der Waals surface area contributed by atoms with Crippen LogP contribution in [-0.4, -0.2) is 47.3 Å². The van der Waals surface area contributed by atoms with E-state index < -0.39 is 0 Å². The van der Waals surface area contributed by atoms with Gasteiger partial charge in [-0.05, 0) is 30.7 Å². The van der Waals surface area contributed by atoms with Gasteiger partial charge < -0.3 is 10.2 Å². The molecule has 1 N–H and O–H groups in total. The fraction of sp³-hybridized carbons (Fsp3) is 0.733. The van der Waals surface area contributed by atoms with Crippen LogP contribution >= 0.6 is 24.0 Å². The molecule has 21 heavy (non-hydrogen) atoms. The number of aromatic nitrogens is 2. The largest absolute Gasteiger partial charge is 0.354 e. The Hall–Kier alpha value is -0.790. The summed E-state index contributed by atoms with van der Waals surface area (Å²) in [6, 6.07) is 1.95. The van der Waals surface area contributed by atoms with Gasteiger partial charge in [-0.25, -0.2) is 0 Å². The van der Waals surface area contributed by atoms with Crippen molar-refractivity contribution in [3.8, 4) is 0 Å². The third-order valence-corrected chi connectivity index (χ3v) is 4.63. The summed E-state index contributed by atoms with van der Waals surface area (Å²) in [5, 5.41) is 7.66. The maximum absolute atomic E-state index is 4.42. The molecule has 0 radical (unpaired) electrons. The van der Waals surface area contributed by atoms with Crippen LogP contribution in [0, 0.1) is 5.41 Å². The molecule has 0 amide bonds. The van der Waals surface area contributed by atoms with Crippen molar-refractivity contribution in [2.45, 2.75) is 39.7 Å². The molecule has 0 bridgehead atoms. The average Bonchev–Trinajstić information content (AvgIpc) is 3.13. The van der Waals surface area contributed by atoms with Crippen molar-refractivity contribution in [1.29, 1.82) is 0 Å². The van der Waals surface area contributed by atoms with Crippen LogP contribution in [0.15, 0.2) is 23.5 Å². The molecule has 2 rings (SSSR count). The molecule has 0 aliphatic carbocycles. The molecule has 0 atom stereocenters. The molecule has 2 heterocycles. The van der Waals surface area contributed by atoms with Gasteiger partial charge in [0.2, 0.25) is 0 Å². The highest BCUT2D eigenvalue weighted by molar-refractivity contribution is 14.0. The summed E-state index contributed by atoms with van der Waals surface area (Å²) in [6.07, 6.45) is 7.58. The molecule has 1 aromatic rings. The van der Waals surface area contributed by atoms with Crippen LogP contribution in [0.4, 0.5) is 0 Å². The van der Waals surface area contributed by atoms with Gasteiger partial charge >= 0.3 is 0 Å². The lowest BCUT2D eigenvalue weighted by molar-refractivity contribution is 0.276. The molecule has 6 heteroatoms. The van der Waals surface area contributed by atoms with Crippen molar-refractivity contribution >= 4 is 29.9 Å². The molecule has 1 aromatic heterocycles. The van der Waals surface area contributed by atoms with Crippen LogP contribution < -0.4 is 5.32 Å². The molecule has 1 aliphatic heterocycles. The van der Waals surface area contributed by atoms with Crippen LogP contribution in [0.1, 0.15) is 33.1 Å². The molecule has 5 nitrogen and oxygen atoms in total. The van der Waals surface area contributed by atoms with E-state index in [2.05, 4.69) is 34.2 Å². The van der Waals surface area contributed by atoms with Crippen molar-refractivity contribution in [2.24, 2.45) is 10.4 Å². The van der Waals surface area contributed by atoms with E-state index in [0.717, 1.165) is 32.1 Å². The summed E-state index contributed by atoms with van der Waals surface area (Å²) in [4.78, 5) is 6.82. The summed E-state index contributed by atoms with van der Waals surface area (Å²) in [6.45, 7) is 8.58. The second kappa shape index (κ2) is 8.60. The molecular weight excluding hydrogens is 377 g/mol. The van der Waals surface area contributed by atoms with Crippen molar-refractivity contribution in [3.63, 3.8) is 0 Å². The average molecular weight is 405 g/mol. The number of aliphatic imine (C=N–C) groups is 1. The van der Waals surface area contributed by atoms with E-state index >= 15 is 0 Å². The predicted octanol–water partition coefficient (Wildman–Crippen LogP) is 2.59. The fourth-order valence-electron chi connectivity index (χ4n) is 2.99. The summed E-state index contributed by atoms with van der Waals surface area (Å²) in [5.74, 6) is 1.03. The molecule has 0 aromatic carbocycles. The fourth-order valence-corrected chi connectivity index (χ4v) is 2.99. The van der Waals surface area contributed by atoms with Crippen LogP contribution in [0.25, 0.3) is 0 Å². The highest BCUT2D eigenvalue weighted by Crippen LogP contribution is 2.36. The molecular formula is C15H28IN5. The van der Waals surface area contributed by atoms with E-state index in [4.69, 9.17) is 0 Å². The summed E-state index contributed by atoms with van der Waals surface area (Å²) < 4.78 is 1.94. The summed E-state index contributed by atoms with van der Waals surface area (Å²) in [5.41, 5.74) is 0.486. The number of halogens is 1. The smallest absolute Gasteiger partial charge is 0.193 e. The Labute approximate surface area is 145 Å². The zero-order valence-electron chi connectivity index (χ0n) is 13.4. The lowest BCUT2D eigenvalue weighted by Crippen LogP contribution is -2.42. The van der Waals surface area contributed by atoms with Crippen LogP contribution in [0.2, 0.25) is 0 Å². The normalized spacial score (nSPS) is 17.7. The zero-order valence-corrected chi connectivity index (χ0v) is 15.7. The standard InChI is InChI=1S/C15H27N5.HI/c1-4-15(5-2)7-11-19(13-15)14(16-3)17-9-12-20-10-6-8-18-20;/h6,8,10H,4-5,7,9,11-13H2,1-3H3,(H,16,17);1H. The number of guanidine groups is 1. The first-order valence-electron chi connectivity index (χ1n) is 7.66. The lowest BCUT2D eigenvalue weighted by Gasteiger charge is -2.28. The zero-order chi connectivity index (χ0) is 14.4. The van der Waals surface area contributed by atoms with E-state index in [9.17, 15) is 0 Å². The number of likely N-dealkylation sites (tertiary alicyclic amines) is 1. The van der Waals surface area contributed by atoms with Crippen molar-refractivity contribution < 1.29 is 0 Å². The minimum atomic E-state index is 0. The minimum absolute atomic E-state index is 0. The topological polar surface area (TPSA) is 45.5 Å². The minimum Gasteiger partial charge on any atom is -0.354 e. The van der Waals surface area contributed by atoms with E-state index in [1.54, 1.807) is 0 Å². The molecule has 1 saturated heterocycles. The Morgan fingerprint density at radius 1 is 1.38 bits per heavy atom. The number of hydrogen-bond donors (Lipinski definition) is 1. The van der Waals surface area contributed by atoms with Gasteiger partial charge in [-0.1, -0.05) is 13.8 Å². The third-order valence-electron chi connectivity index (χ3n) is 4.63. The maximum atomic E-state index is 4.42. The number of nitrogens with zero attached hydrogens (tertiary/aromatic N) is 4. The second-order valence-corrected chi connectivity index (χ2v) is 5.62. The van der Waals surface area contributed by atoms with E-state index in [0.29, 0.717) is 5.41 Å². The van der Waals surface area contributed by atoms with Gasteiger partial charge in [0.05, 0.1) is 6.54 Å². The Bertz CT molecular complexity index is 425. The first kappa shape index (κ1) is 18.3.